The van der Waals surface area contributed by atoms with Gasteiger partial charge in [0, 0.05) is 62.6 Å². The van der Waals surface area contributed by atoms with Crippen LogP contribution in [0.3, 0.4) is 0 Å². The molecule has 0 amide bonds. The number of nitrogens with zero attached hydrogens (tertiary/aromatic N) is 6. The summed E-state index contributed by atoms with van der Waals surface area (Å²) in [6, 6.07) is 6.85. The SMILES string of the molecule is Cn1c(=O)c(=O)n(C2CCN(c3ncc(CNc4ccc(OC(F)(F)F)cc4)cn3)CC2)c2ncc(Cl)cc21. The monoisotopic (exact) mass is 561 g/mol. The Morgan fingerprint density at radius 3 is 2.33 bits per heavy atom. The number of hydrogen-bond acceptors (Lipinski definition) is 8. The van der Waals surface area contributed by atoms with E-state index in [1.165, 1.54) is 46.6 Å². The highest BCUT2D eigenvalue weighted by molar-refractivity contribution is 6.31. The van der Waals surface area contributed by atoms with Crippen LogP contribution in [-0.4, -0.2) is 43.5 Å². The first-order valence-electron chi connectivity index (χ1n) is 12.0. The van der Waals surface area contributed by atoms with Gasteiger partial charge < -0.3 is 19.5 Å². The second-order valence-electron chi connectivity index (χ2n) is 9.07. The van der Waals surface area contributed by atoms with Crippen molar-refractivity contribution < 1.29 is 17.9 Å². The molecule has 0 saturated carbocycles. The number of alkyl halides is 3. The predicted octanol–water partition coefficient (Wildman–Crippen LogP) is 3.89. The molecule has 10 nitrogen and oxygen atoms in total. The number of pyridine rings is 1. The third-order valence-electron chi connectivity index (χ3n) is 6.50. The van der Waals surface area contributed by atoms with Crippen LogP contribution in [-0.2, 0) is 13.6 Å². The summed E-state index contributed by atoms with van der Waals surface area (Å²) < 4.78 is 43.5. The smallest absolute Gasteiger partial charge is 0.406 e. The van der Waals surface area contributed by atoms with Crippen molar-refractivity contribution in [1.29, 1.82) is 0 Å². The molecule has 0 atom stereocenters. The molecular weight excluding hydrogens is 539 g/mol. The van der Waals surface area contributed by atoms with E-state index in [2.05, 4.69) is 25.0 Å². The Hall–Kier alpha value is -4.13. The molecule has 0 aliphatic carbocycles. The minimum atomic E-state index is -4.73. The quantitative estimate of drug-likeness (QED) is 0.353. The average molecular weight is 562 g/mol. The van der Waals surface area contributed by atoms with Gasteiger partial charge in [0.1, 0.15) is 5.75 Å². The Morgan fingerprint density at radius 2 is 1.69 bits per heavy atom. The fourth-order valence-electron chi connectivity index (χ4n) is 4.55. The van der Waals surface area contributed by atoms with E-state index >= 15 is 0 Å². The Bertz CT molecular complexity index is 1600. The number of rotatable bonds is 6. The van der Waals surface area contributed by atoms with Gasteiger partial charge in [0.05, 0.1) is 10.5 Å². The van der Waals surface area contributed by atoms with Crippen LogP contribution in [0.2, 0.25) is 5.02 Å². The molecule has 1 N–H and O–H groups in total. The van der Waals surface area contributed by atoms with Crippen LogP contribution in [0.25, 0.3) is 11.2 Å². The maximum atomic E-state index is 12.9. The number of anilines is 2. The van der Waals surface area contributed by atoms with Gasteiger partial charge >= 0.3 is 17.5 Å². The van der Waals surface area contributed by atoms with Gasteiger partial charge in [-0.25, -0.2) is 15.0 Å². The summed E-state index contributed by atoms with van der Waals surface area (Å²) in [6.45, 7) is 1.52. The molecule has 0 bridgehead atoms. The second-order valence-corrected chi connectivity index (χ2v) is 9.51. The first kappa shape index (κ1) is 26.5. The maximum absolute atomic E-state index is 12.9. The number of ether oxygens (including phenoxy) is 1. The molecule has 204 valence electrons. The molecule has 0 unspecified atom stereocenters. The molecule has 1 fully saturated rings. The summed E-state index contributed by atoms with van der Waals surface area (Å²) >= 11 is 6.07. The van der Waals surface area contributed by atoms with E-state index in [0.29, 0.717) is 60.3 Å². The summed E-state index contributed by atoms with van der Waals surface area (Å²) in [6.07, 6.45) is 1.26. The van der Waals surface area contributed by atoms with Gasteiger partial charge in [0.25, 0.3) is 0 Å². The Morgan fingerprint density at radius 1 is 1.03 bits per heavy atom. The lowest BCUT2D eigenvalue weighted by Gasteiger charge is -2.33. The molecule has 0 spiro atoms. The molecule has 4 heterocycles. The standard InChI is InChI=1S/C25H23ClF3N7O3/c1-34-20-10-16(26)14-31-21(20)36(23(38)22(34)37)18-6-8-35(9-7-18)24-32-12-15(13-33-24)11-30-17-2-4-19(5-3-17)39-25(27,28)29/h2-5,10,12-14,18,30H,6-9,11H2,1H3. The predicted molar refractivity (Wildman–Crippen MR) is 139 cm³/mol. The van der Waals surface area contributed by atoms with Gasteiger partial charge in [0.15, 0.2) is 5.65 Å². The molecule has 39 heavy (non-hydrogen) atoms. The van der Waals surface area contributed by atoms with Crippen molar-refractivity contribution in [3.63, 3.8) is 0 Å². The van der Waals surface area contributed by atoms with Gasteiger partial charge in [-0.15, -0.1) is 13.2 Å². The largest absolute Gasteiger partial charge is 0.573 e. The zero-order valence-electron chi connectivity index (χ0n) is 20.7. The minimum Gasteiger partial charge on any atom is -0.406 e. The van der Waals surface area contributed by atoms with Crippen molar-refractivity contribution in [2.75, 3.05) is 23.3 Å². The minimum absolute atomic E-state index is 0.213. The first-order chi connectivity index (χ1) is 18.6. The third kappa shape index (κ3) is 5.82. The van der Waals surface area contributed by atoms with Crippen LogP contribution in [0.5, 0.6) is 5.75 Å². The van der Waals surface area contributed by atoms with E-state index in [-0.39, 0.29) is 11.8 Å². The van der Waals surface area contributed by atoms with Crippen LogP contribution < -0.4 is 26.1 Å². The molecular formula is C25H23ClF3N7O3. The average Bonchev–Trinajstić information content (AvgIpc) is 2.92. The number of hydrogen-bond donors (Lipinski definition) is 1. The molecule has 3 aromatic heterocycles. The van der Waals surface area contributed by atoms with Crippen LogP contribution in [0, 0.1) is 0 Å². The molecule has 5 rings (SSSR count). The summed E-state index contributed by atoms with van der Waals surface area (Å²) in [5, 5.41) is 3.48. The molecule has 1 aliphatic heterocycles. The Labute approximate surface area is 224 Å². The Kier molecular flexibility index (Phi) is 7.17. The lowest BCUT2D eigenvalue weighted by Crippen LogP contribution is -2.45. The number of fused-ring (bicyclic) bond motifs is 1. The summed E-state index contributed by atoms with van der Waals surface area (Å²) in [5.41, 5.74) is 1.06. The van der Waals surface area contributed by atoms with Crippen LogP contribution in [0.1, 0.15) is 24.4 Å². The van der Waals surface area contributed by atoms with Gasteiger partial charge in [-0.3, -0.25) is 14.2 Å². The molecule has 1 saturated heterocycles. The van der Waals surface area contributed by atoms with E-state index in [4.69, 9.17) is 11.6 Å². The third-order valence-corrected chi connectivity index (χ3v) is 6.71. The number of aryl methyl sites for hydroxylation is 1. The van der Waals surface area contributed by atoms with Gasteiger partial charge in [-0.1, -0.05) is 11.6 Å². The summed E-state index contributed by atoms with van der Waals surface area (Å²) in [4.78, 5) is 40.7. The van der Waals surface area contributed by atoms with Gasteiger partial charge in [0.2, 0.25) is 5.95 Å². The van der Waals surface area contributed by atoms with Crippen molar-refractivity contribution in [1.82, 2.24) is 24.1 Å². The highest BCUT2D eigenvalue weighted by atomic mass is 35.5. The highest BCUT2D eigenvalue weighted by Gasteiger charge is 2.31. The number of benzene rings is 1. The van der Waals surface area contributed by atoms with E-state index in [0.717, 1.165) is 5.56 Å². The lowest BCUT2D eigenvalue weighted by atomic mass is 10.0. The van der Waals surface area contributed by atoms with Crippen molar-refractivity contribution in [3.8, 4) is 5.75 Å². The number of aromatic nitrogens is 5. The molecule has 0 radical (unpaired) electrons. The van der Waals surface area contributed by atoms with Crippen molar-refractivity contribution in [2.45, 2.75) is 31.8 Å². The summed E-state index contributed by atoms with van der Waals surface area (Å²) in [5.74, 6) is 0.245. The molecule has 14 heteroatoms. The highest BCUT2D eigenvalue weighted by Crippen LogP contribution is 2.27. The van der Waals surface area contributed by atoms with Crippen LogP contribution in [0.15, 0.2) is 58.5 Å². The van der Waals surface area contributed by atoms with Gasteiger partial charge in [-0.05, 0) is 43.2 Å². The van der Waals surface area contributed by atoms with E-state index in [1.54, 1.807) is 18.5 Å². The number of piperidine rings is 1. The maximum Gasteiger partial charge on any atom is 0.573 e. The van der Waals surface area contributed by atoms with Crippen molar-refractivity contribution >= 4 is 34.4 Å². The summed E-state index contributed by atoms with van der Waals surface area (Å²) in [7, 11) is 1.52. The zero-order valence-corrected chi connectivity index (χ0v) is 21.4. The normalized spacial score (nSPS) is 14.5. The topological polar surface area (TPSA) is 107 Å². The van der Waals surface area contributed by atoms with Crippen molar-refractivity contribution in [2.24, 2.45) is 7.05 Å². The van der Waals surface area contributed by atoms with E-state index in [1.807, 2.05) is 4.90 Å². The zero-order chi connectivity index (χ0) is 27.7. The fraction of sp³-hybridized carbons (Fsp3) is 0.320. The van der Waals surface area contributed by atoms with E-state index in [9.17, 15) is 22.8 Å². The molecule has 1 aromatic carbocycles. The first-order valence-corrected chi connectivity index (χ1v) is 12.4. The van der Waals surface area contributed by atoms with E-state index < -0.39 is 17.5 Å². The molecule has 1 aliphatic rings. The van der Waals surface area contributed by atoms with Crippen molar-refractivity contribution in [3.05, 3.63) is 80.2 Å². The van der Waals surface area contributed by atoms with Crippen LogP contribution >= 0.6 is 11.6 Å². The van der Waals surface area contributed by atoms with Crippen LogP contribution in [0.4, 0.5) is 24.8 Å². The lowest BCUT2D eigenvalue weighted by molar-refractivity contribution is -0.274. The number of nitrogens with one attached hydrogen (secondary N) is 1. The second kappa shape index (κ2) is 10.6. The van der Waals surface area contributed by atoms with Gasteiger partial charge in [-0.2, -0.15) is 0 Å². The molecule has 4 aromatic rings. The number of halogens is 4. The fourth-order valence-corrected chi connectivity index (χ4v) is 4.70. The Balaban J connectivity index is 1.21.